The van der Waals surface area contributed by atoms with Crippen molar-refractivity contribution in [2.24, 2.45) is 0 Å². The van der Waals surface area contributed by atoms with E-state index >= 15 is 0 Å². The van der Waals surface area contributed by atoms with Gasteiger partial charge in [-0.2, -0.15) is 0 Å². The average molecular weight is 398 g/mol. The fourth-order valence-corrected chi connectivity index (χ4v) is 2.96. The van der Waals surface area contributed by atoms with E-state index in [1.165, 1.54) is 0 Å². The van der Waals surface area contributed by atoms with E-state index in [1.807, 2.05) is 72.8 Å². The van der Waals surface area contributed by atoms with E-state index in [2.05, 4.69) is 5.32 Å². The first-order valence-corrected chi connectivity index (χ1v) is 9.51. The van der Waals surface area contributed by atoms with Gasteiger partial charge in [0.05, 0.1) is 13.2 Å². The summed E-state index contributed by atoms with van der Waals surface area (Å²) in [5, 5.41) is 14.2. The van der Waals surface area contributed by atoms with Crippen LogP contribution in [0.25, 0.3) is 0 Å². The summed E-state index contributed by atoms with van der Waals surface area (Å²) >= 11 is 5.91. The van der Waals surface area contributed by atoms with Crippen LogP contribution in [-0.2, 0) is 13.2 Å². The number of aliphatic hydroxyl groups excluding tert-OH is 1. The van der Waals surface area contributed by atoms with Crippen LogP contribution in [-0.4, -0.2) is 18.8 Å². The number of rotatable bonds is 9. The second kappa shape index (κ2) is 10.1. The monoisotopic (exact) mass is 397 g/mol. The van der Waals surface area contributed by atoms with Gasteiger partial charge in [0.1, 0.15) is 6.61 Å². The third kappa shape index (κ3) is 5.73. The third-order valence-corrected chi connectivity index (χ3v) is 4.64. The maximum Gasteiger partial charge on any atom is 0.161 e. The van der Waals surface area contributed by atoms with Crippen LogP contribution in [0, 0.1) is 0 Å². The van der Waals surface area contributed by atoms with Crippen LogP contribution in [0.2, 0.25) is 5.02 Å². The second-order valence-corrected chi connectivity index (χ2v) is 6.89. The highest BCUT2D eigenvalue weighted by molar-refractivity contribution is 6.30. The van der Waals surface area contributed by atoms with Crippen molar-refractivity contribution in [3.63, 3.8) is 0 Å². The number of methoxy groups -OCH3 is 1. The summed E-state index contributed by atoms with van der Waals surface area (Å²) in [6.07, 6.45) is -0.537. The highest BCUT2D eigenvalue weighted by Gasteiger charge is 2.09. The number of benzene rings is 3. The van der Waals surface area contributed by atoms with Gasteiger partial charge in [-0.15, -0.1) is 0 Å². The van der Waals surface area contributed by atoms with Gasteiger partial charge in [-0.1, -0.05) is 60.1 Å². The van der Waals surface area contributed by atoms with Crippen molar-refractivity contribution < 1.29 is 14.6 Å². The van der Waals surface area contributed by atoms with Crippen molar-refractivity contribution in [2.75, 3.05) is 13.7 Å². The highest BCUT2D eigenvalue weighted by Crippen LogP contribution is 2.29. The van der Waals surface area contributed by atoms with Crippen LogP contribution in [0.5, 0.6) is 11.5 Å². The molecule has 0 radical (unpaired) electrons. The molecule has 0 aliphatic carbocycles. The molecule has 3 aromatic rings. The van der Waals surface area contributed by atoms with Crippen molar-refractivity contribution in [3.8, 4) is 11.5 Å². The molecule has 1 atom stereocenters. The average Bonchev–Trinajstić information content (AvgIpc) is 2.74. The molecule has 0 fully saturated rings. The Balaban J connectivity index is 1.54. The van der Waals surface area contributed by atoms with E-state index in [0.717, 1.165) is 16.7 Å². The number of nitrogens with one attached hydrogen (secondary N) is 1. The first-order valence-electron chi connectivity index (χ1n) is 9.13. The molecule has 0 bridgehead atoms. The number of hydrogen-bond donors (Lipinski definition) is 2. The molecule has 0 aromatic heterocycles. The van der Waals surface area contributed by atoms with E-state index in [1.54, 1.807) is 7.11 Å². The van der Waals surface area contributed by atoms with E-state index in [4.69, 9.17) is 21.1 Å². The number of hydrogen-bond acceptors (Lipinski definition) is 4. The molecule has 3 rings (SSSR count). The lowest BCUT2D eigenvalue weighted by Gasteiger charge is -2.14. The largest absolute Gasteiger partial charge is 0.493 e. The molecular formula is C23H24ClNO3. The predicted molar refractivity (Wildman–Crippen MR) is 112 cm³/mol. The molecule has 5 heteroatoms. The van der Waals surface area contributed by atoms with Gasteiger partial charge in [0.2, 0.25) is 0 Å². The van der Waals surface area contributed by atoms with Crippen molar-refractivity contribution in [3.05, 3.63) is 94.5 Å². The zero-order chi connectivity index (χ0) is 19.8. The minimum atomic E-state index is -0.537. The van der Waals surface area contributed by atoms with Crippen LogP contribution in [0.4, 0.5) is 0 Å². The molecule has 0 heterocycles. The summed E-state index contributed by atoms with van der Waals surface area (Å²) in [6.45, 7) is 1.53. The lowest BCUT2D eigenvalue weighted by Crippen LogP contribution is -2.21. The molecule has 0 saturated heterocycles. The first-order chi connectivity index (χ1) is 13.7. The van der Waals surface area contributed by atoms with Gasteiger partial charge in [0.15, 0.2) is 11.5 Å². The van der Waals surface area contributed by atoms with Crippen LogP contribution >= 0.6 is 11.6 Å². The van der Waals surface area contributed by atoms with Crippen LogP contribution in [0.1, 0.15) is 22.8 Å². The van der Waals surface area contributed by atoms with E-state index in [0.29, 0.717) is 36.2 Å². The Hall–Kier alpha value is -2.53. The topological polar surface area (TPSA) is 50.7 Å². The molecule has 0 aliphatic rings. The van der Waals surface area contributed by atoms with Crippen molar-refractivity contribution in [1.82, 2.24) is 5.32 Å². The standard InChI is InChI=1S/C23H24ClNO3/c1-27-23-13-18(14-25-15-21(26)19-5-3-2-4-6-19)9-12-22(23)28-16-17-7-10-20(24)11-8-17/h2-13,21,25-26H,14-16H2,1H3. The van der Waals surface area contributed by atoms with E-state index in [-0.39, 0.29) is 0 Å². The normalized spacial score (nSPS) is 11.8. The zero-order valence-corrected chi connectivity index (χ0v) is 16.5. The molecule has 0 spiro atoms. The summed E-state index contributed by atoms with van der Waals surface area (Å²) in [4.78, 5) is 0. The maximum absolute atomic E-state index is 10.2. The first kappa shape index (κ1) is 20.2. The minimum Gasteiger partial charge on any atom is -0.493 e. The fraction of sp³-hybridized carbons (Fsp3) is 0.217. The molecule has 28 heavy (non-hydrogen) atoms. The van der Waals surface area contributed by atoms with Crippen LogP contribution < -0.4 is 14.8 Å². The van der Waals surface area contributed by atoms with Gasteiger partial charge < -0.3 is 19.9 Å². The Bertz CT molecular complexity index is 869. The van der Waals surface area contributed by atoms with Crippen LogP contribution in [0.15, 0.2) is 72.8 Å². The Labute approximate surface area is 170 Å². The van der Waals surface area contributed by atoms with E-state index < -0.39 is 6.10 Å². The van der Waals surface area contributed by atoms with Gasteiger partial charge in [-0.25, -0.2) is 0 Å². The zero-order valence-electron chi connectivity index (χ0n) is 15.8. The van der Waals surface area contributed by atoms with E-state index in [9.17, 15) is 5.11 Å². The number of halogens is 1. The molecule has 2 N–H and O–H groups in total. The lowest BCUT2D eigenvalue weighted by atomic mass is 10.1. The molecule has 0 saturated carbocycles. The van der Waals surface area contributed by atoms with Gasteiger partial charge in [0, 0.05) is 18.1 Å². The third-order valence-electron chi connectivity index (χ3n) is 4.39. The molecule has 0 aliphatic heterocycles. The summed E-state index contributed by atoms with van der Waals surface area (Å²) in [5.74, 6) is 1.36. The van der Waals surface area contributed by atoms with Crippen molar-refractivity contribution in [2.45, 2.75) is 19.3 Å². The van der Waals surface area contributed by atoms with Gasteiger partial charge in [-0.05, 0) is 41.0 Å². The Morgan fingerprint density at radius 3 is 2.36 bits per heavy atom. The van der Waals surface area contributed by atoms with Gasteiger partial charge in [-0.3, -0.25) is 0 Å². The fourth-order valence-electron chi connectivity index (χ4n) is 2.83. The Morgan fingerprint density at radius 2 is 1.64 bits per heavy atom. The summed E-state index contributed by atoms with van der Waals surface area (Å²) in [7, 11) is 1.63. The highest BCUT2D eigenvalue weighted by atomic mass is 35.5. The van der Waals surface area contributed by atoms with Crippen molar-refractivity contribution >= 4 is 11.6 Å². The predicted octanol–water partition coefficient (Wildman–Crippen LogP) is 4.75. The Kier molecular flexibility index (Phi) is 7.31. The molecule has 1 unspecified atom stereocenters. The van der Waals surface area contributed by atoms with Gasteiger partial charge >= 0.3 is 0 Å². The minimum absolute atomic E-state index is 0.439. The molecular weight excluding hydrogens is 374 g/mol. The van der Waals surface area contributed by atoms with Crippen molar-refractivity contribution in [1.29, 1.82) is 0 Å². The SMILES string of the molecule is COc1cc(CNCC(O)c2ccccc2)ccc1OCc1ccc(Cl)cc1. The number of ether oxygens (including phenoxy) is 2. The Morgan fingerprint density at radius 1 is 0.929 bits per heavy atom. The molecule has 0 amide bonds. The smallest absolute Gasteiger partial charge is 0.161 e. The number of aliphatic hydroxyl groups is 1. The molecule has 3 aromatic carbocycles. The molecule has 4 nitrogen and oxygen atoms in total. The van der Waals surface area contributed by atoms with Gasteiger partial charge in [0.25, 0.3) is 0 Å². The second-order valence-electron chi connectivity index (χ2n) is 6.46. The maximum atomic E-state index is 10.2. The lowest BCUT2D eigenvalue weighted by molar-refractivity contribution is 0.174. The summed E-state index contributed by atoms with van der Waals surface area (Å²) in [5.41, 5.74) is 2.99. The van der Waals surface area contributed by atoms with Crippen LogP contribution in [0.3, 0.4) is 0 Å². The summed E-state index contributed by atoms with van der Waals surface area (Å²) < 4.78 is 11.3. The molecule has 146 valence electrons. The summed E-state index contributed by atoms with van der Waals surface area (Å²) in [6, 6.07) is 23.0. The quantitative estimate of drug-likeness (QED) is 0.547.